The summed E-state index contributed by atoms with van der Waals surface area (Å²) in [5.41, 5.74) is 8.21. The highest BCUT2D eigenvalue weighted by molar-refractivity contribution is 6.98. The smallest absolute Gasteiger partial charge is 0.407 e. The van der Waals surface area contributed by atoms with Crippen LogP contribution in [0.4, 0.5) is 16.2 Å². The highest BCUT2D eigenvalue weighted by Gasteiger charge is 2.42. The topological polar surface area (TPSA) is 34.5 Å². The molecule has 0 saturated heterocycles. The molecular formula is C35H21BN2O2. The van der Waals surface area contributed by atoms with E-state index in [2.05, 4.69) is 108 Å². The maximum Gasteiger partial charge on any atom is 0.424 e. The Hall–Kier alpha value is -5.29. The van der Waals surface area contributed by atoms with Crippen LogP contribution in [0.3, 0.4) is 0 Å². The number of nitrogens with zero attached hydrogens (tertiary/aromatic N) is 2. The van der Waals surface area contributed by atoms with E-state index < -0.39 is 0 Å². The molecule has 0 unspecified atom stereocenters. The number of rotatable bonds is 2. The summed E-state index contributed by atoms with van der Waals surface area (Å²) in [6.07, 6.45) is -0.381. The number of carbonyl (C=O) groups excluding carboxylic acids is 1. The minimum absolute atomic E-state index is 0.00342. The van der Waals surface area contributed by atoms with Gasteiger partial charge in [0, 0.05) is 16.5 Å². The first kappa shape index (κ1) is 21.6. The van der Waals surface area contributed by atoms with E-state index in [1.807, 2.05) is 24.3 Å². The molecule has 0 radical (unpaired) electrons. The number of ether oxygens (including phenoxy) is 1. The molecule has 3 heterocycles. The van der Waals surface area contributed by atoms with Gasteiger partial charge in [0.05, 0.1) is 27.8 Å². The molecule has 7 aromatic rings. The lowest BCUT2D eigenvalue weighted by molar-refractivity contribution is 0.210. The molecule has 0 aliphatic carbocycles. The number of anilines is 2. The summed E-state index contributed by atoms with van der Waals surface area (Å²) < 4.78 is 8.54. The van der Waals surface area contributed by atoms with Gasteiger partial charge in [-0.1, -0.05) is 109 Å². The van der Waals surface area contributed by atoms with E-state index >= 15 is 0 Å². The van der Waals surface area contributed by atoms with Gasteiger partial charge < -0.3 is 9.30 Å². The number of hydrogen-bond donors (Lipinski definition) is 0. The van der Waals surface area contributed by atoms with Gasteiger partial charge in [0.15, 0.2) is 5.75 Å². The van der Waals surface area contributed by atoms with Crippen LogP contribution in [-0.2, 0) is 0 Å². The summed E-state index contributed by atoms with van der Waals surface area (Å²) >= 11 is 0. The molecule has 0 saturated carbocycles. The number of para-hydroxylation sites is 3. The average Bonchev–Trinajstić information content (AvgIpc) is 3.34. The molecule has 0 N–H and O–H groups in total. The van der Waals surface area contributed by atoms with Crippen molar-refractivity contribution in [2.45, 2.75) is 0 Å². The predicted molar refractivity (Wildman–Crippen MR) is 164 cm³/mol. The van der Waals surface area contributed by atoms with E-state index in [4.69, 9.17) is 4.74 Å². The Morgan fingerprint density at radius 2 is 1.23 bits per heavy atom. The third-order valence-corrected chi connectivity index (χ3v) is 8.47. The Bertz CT molecular complexity index is 2130. The van der Waals surface area contributed by atoms with Crippen molar-refractivity contribution in [3.63, 3.8) is 0 Å². The first-order valence-electron chi connectivity index (χ1n) is 13.5. The molecule has 186 valence electrons. The zero-order valence-electron chi connectivity index (χ0n) is 21.4. The van der Waals surface area contributed by atoms with Crippen molar-refractivity contribution in [2.75, 3.05) is 4.90 Å². The van der Waals surface area contributed by atoms with Crippen LogP contribution >= 0.6 is 0 Å². The molecule has 4 nitrogen and oxygen atoms in total. The second kappa shape index (κ2) is 7.87. The molecule has 0 spiro atoms. The fourth-order valence-electron chi connectivity index (χ4n) is 6.86. The molecular weight excluding hydrogens is 491 g/mol. The molecule has 40 heavy (non-hydrogen) atoms. The number of amides is 1. The van der Waals surface area contributed by atoms with E-state index in [1.165, 1.54) is 16.2 Å². The Kier molecular flexibility index (Phi) is 4.25. The monoisotopic (exact) mass is 512 g/mol. The summed E-state index contributed by atoms with van der Waals surface area (Å²) in [5, 5.41) is 4.35. The summed E-state index contributed by atoms with van der Waals surface area (Å²) in [4.78, 5) is 15.7. The van der Waals surface area contributed by atoms with E-state index in [1.54, 1.807) is 4.90 Å². The van der Waals surface area contributed by atoms with Gasteiger partial charge in [0.1, 0.15) is 0 Å². The molecule has 1 aromatic heterocycles. The van der Waals surface area contributed by atoms with Crippen LogP contribution < -0.4 is 26.0 Å². The molecule has 1 amide bonds. The fourth-order valence-corrected chi connectivity index (χ4v) is 6.86. The summed E-state index contributed by atoms with van der Waals surface area (Å²) in [6, 6.07) is 44.1. The lowest BCUT2D eigenvalue weighted by atomic mass is 9.35. The van der Waals surface area contributed by atoms with Crippen molar-refractivity contribution < 1.29 is 9.53 Å². The Balaban J connectivity index is 1.42. The minimum Gasteiger partial charge on any atom is -0.407 e. The van der Waals surface area contributed by atoms with Crippen molar-refractivity contribution in [2.24, 2.45) is 0 Å². The number of carbonyl (C=O) groups is 1. The van der Waals surface area contributed by atoms with Crippen molar-refractivity contribution in [3.8, 4) is 11.4 Å². The van der Waals surface area contributed by atoms with E-state index in [0.29, 0.717) is 5.75 Å². The van der Waals surface area contributed by atoms with Crippen LogP contribution in [0.5, 0.6) is 5.75 Å². The van der Waals surface area contributed by atoms with Crippen LogP contribution in [0.1, 0.15) is 0 Å². The summed E-state index contributed by atoms with van der Waals surface area (Å²) in [6.45, 7) is 0.00342. The largest absolute Gasteiger partial charge is 0.424 e. The Morgan fingerprint density at radius 1 is 0.575 bits per heavy atom. The number of fused-ring (bicyclic) bond motifs is 5. The lowest BCUT2D eigenvalue weighted by Gasteiger charge is -2.38. The Labute approximate surface area is 230 Å². The molecule has 0 fully saturated rings. The molecule has 9 rings (SSSR count). The third-order valence-electron chi connectivity index (χ3n) is 8.47. The van der Waals surface area contributed by atoms with Crippen molar-refractivity contribution in [3.05, 3.63) is 127 Å². The quantitative estimate of drug-likeness (QED) is 0.251. The SMILES string of the molecule is O=C1Oc2c(-n3c4ccccc4c4ccccc43)ccc3ccc4c(c23)N1c1ccccc1B4c1ccccc1. The van der Waals surface area contributed by atoms with Crippen molar-refractivity contribution >= 4 is 73.1 Å². The third kappa shape index (κ3) is 2.73. The summed E-state index contributed by atoms with van der Waals surface area (Å²) in [5.74, 6) is 0.605. The first-order chi connectivity index (χ1) is 19.8. The molecule has 5 heteroatoms. The van der Waals surface area contributed by atoms with Crippen LogP contribution in [0.2, 0.25) is 0 Å². The van der Waals surface area contributed by atoms with Gasteiger partial charge in [-0.05, 0) is 40.6 Å². The standard InChI is InChI=1S/C35H21BN2O2/c39-35-38-30-17-9-6-14-26(30)36(23-10-2-1-3-11-23)27-20-18-22-19-21-31(34(40-35)32(22)33(27)38)37-28-15-7-4-12-24(28)25-13-5-8-16-29(25)37/h1-21H. The zero-order chi connectivity index (χ0) is 26.4. The van der Waals surface area contributed by atoms with Crippen LogP contribution in [0.25, 0.3) is 38.3 Å². The first-order valence-corrected chi connectivity index (χ1v) is 13.5. The number of benzene rings is 6. The molecule has 0 bridgehead atoms. The van der Waals surface area contributed by atoms with Gasteiger partial charge in [-0.15, -0.1) is 0 Å². The molecule has 6 aromatic carbocycles. The van der Waals surface area contributed by atoms with E-state index in [0.717, 1.165) is 49.8 Å². The van der Waals surface area contributed by atoms with Crippen LogP contribution in [0.15, 0.2) is 127 Å². The molecule has 0 atom stereocenters. The number of hydrogen-bond acceptors (Lipinski definition) is 2. The summed E-state index contributed by atoms with van der Waals surface area (Å²) in [7, 11) is 0. The van der Waals surface area contributed by atoms with Gasteiger partial charge in [-0.3, -0.25) is 0 Å². The van der Waals surface area contributed by atoms with Gasteiger partial charge >= 0.3 is 6.09 Å². The van der Waals surface area contributed by atoms with Crippen LogP contribution in [0, 0.1) is 0 Å². The maximum absolute atomic E-state index is 14.0. The van der Waals surface area contributed by atoms with Gasteiger partial charge in [-0.25, -0.2) is 9.69 Å². The van der Waals surface area contributed by atoms with Crippen molar-refractivity contribution in [1.82, 2.24) is 4.57 Å². The van der Waals surface area contributed by atoms with Gasteiger partial charge in [0.25, 0.3) is 0 Å². The predicted octanol–water partition coefficient (Wildman–Crippen LogP) is 6.42. The molecule has 2 aliphatic rings. The Morgan fingerprint density at radius 3 is 2.00 bits per heavy atom. The highest BCUT2D eigenvalue weighted by Crippen LogP contribution is 2.47. The maximum atomic E-state index is 14.0. The zero-order valence-corrected chi connectivity index (χ0v) is 21.4. The highest BCUT2D eigenvalue weighted by atomic mass is 16.6. The second-order valence-corrected chi connectivity index (χ2v) is 10.5. The van der Waals surface area contributed by atoms with E-state index in [9.17, 15) is 4.79 Å². The van der Waals surface area contributed by atoms with Gasteiger partial charge in [0.2, 0.25) is 6.71 Å². The van der Waals surface area contributed by atoms with Crippen LogP contribution in [-0.4, -0.2) is 17.4 Å². The van der Waals surface area contributed by atoms with Gasteiger partial charge in [-0.2, -0.15) is 0 Å². The van der Waals surface area contributed by atoms with Crippen molar-refractivity contribution in [1.29, 1.82) is 0 Å². The lowest BCUT2D eigenvalue weighted by Crippen LogP contribution is -2.59. The average molecular weight is 512 g/mol. The number of aromatic nitrogens is 1. The van der Waals surface area contributed by atoms with E-state index in [-0.39, 0.29) is 12.8 Å². The second-order valence-electron chi connectivity index (χ2n) is 10.5. The fraction of sp³-hybridized carbons (Fsp3) is 0. The normalized spacial score (nSPS) is 13.7. The minimum atomic E-state index is -0.381. The molecule has 2 aliphatic heterocycles.